The lowest BCUT2D eigenvalue weighted by Crippen LogP contribution is -2.14. The van der Waals surface area contributed by atoms with Crippen molar-refractivity contribution >= 4 is 5.91 Å². The average molecular weight is 273 g/mol. The molecule has 2 heteroatoms. The Hall–Kier alpha value is -1.31. The van der Waals surface area contributed by atoms with Crippen LogP contribution in [0, 0.1) is 5.92 Å². The van der Waals surface area contributed by atoms with E-state index in [2.05, 4.69) is 19.1 Å². The van der Waals surface area contributed by atoms with Crippen LogP contribution in [-0.4, -0.2) is 5.91 Å². The van der Waals surface area contributed by atoms with Gasteiger partial charge in [0.05, 0.1) is 0 Å². The summed E-state index contributed by atoms with van der Waals surface area (Å²) in [6.07, 6.45) is 10.9. The maximum atomic E-state index is 11.1. The normalized spacial score (nSPS) is 22.6. The highest BCUT2D eigenvalue weighted by molar-refractivity contribution is 5.92. The van der Waals surface area contributed by atoms with Crippen LogP contribution in [0.15, 0.2) is 24.3 Å². The molecular weight excluding hydrogens is 246 g/mol. The number of rotatable bonds is 6. The minimum absolute atomic E-state index is 0.337. The van der Waals surface area contributed by atoms with Gasteiger partial charge in [-0.2, -0.15) is 0 Å². The molecule has 0 heterocycles. The van der Waals surface area contributed by atoms with Gasteiger partial charge >= 0.3 is 0 Å². The summed E-state index contributed by atoms with van der Waals surface area (Å²) in [5.41, 5.74) is 7.27. The van der Waals surface area contributed by atoms with E-state index in [1.165, 1.54) is 56.9 Å². The molecule has 0 aliphatic heterocycles. The zero-order valence-corrected chi connectivity index (χ0v) is 12.6. The Kier molecular flexibility index (Phi) is 5.63. The molecule has 20 heavy (non-hydrogen) atoms. The first-order valence-corrected chi connectivity index (χ1v) is 8.10. The largest absolute Gasteiger partial charge is 0.366 e. The molecule has 1 aliphatic rings. The van der Waals surface area contributed by atoms with Gasteiger partial charge in [0, 0.05) is 5.56 Å². The third-order valence-electron chi connectivity index (χ3n) is 4.73. The van der Waals surface area contributed by atoms with E-state index in [-0.39, 0.29) is 5.91 Å². The number of unbranched alkanes of at least 4 members (excludes halogenated alkanes) is 2. The van der Waals surface area contributed by atoms with Gasteiger partial charge in [0.25, 0.3) is 0 Å². The smallest absolute Gasteiger partial charge is 0.248 e. The monoisotopic (exact) mass is 273 g/mol. The van der Waals surface area contributed by atoms with Gasteiger partial charge in [-0.3, -0.25) is 4.79 Å². The summed E-state index contributed by atoms with van der Waals surface area (Å²) < 4.78 is 0. The summed E-state index contributed by atoms with van der Waals surface area (Å²) in [4.78, 5) is 11.1. The molecule has 2 rings (SSSR count). The predicted octanol–water partition coefficient (Wildman–Crippen LogP) is 4.64. The summed E-state index contributed by atoms with van der Waals surface area (Å²) in [6, 6.07) is 7.90. The molecule has 0 radical (unpaired) electrons. The van der Waals surface area contributed by atoms with Crippen molar-refractivity contribution in [2.24, 2.45) is 11.7 Å². The Morgan fingerprint density at radius 2 is 1.75 bits per heavy atom. The Morgan fingerprint density at radius 3 is 2.30 bits per heavy atom. The minimum atomic E-state index is -0.337. The lowest BCUT2D eigenvalue weighted by molar-refractivity contribution is 0.100. The van der Waals surface area contributed by atoms with E-state index in [0.717, 1.165) is 5.92 Å². The van der Waals surface area contributed by atoms with Crippen LogP contribution in [0.1, 0.15) is 80.1 Å². The molecule has 0 unspecified atom stereocenters. The lowest BCUT2D eigenvalue weighted by Gasteiger charge is -2.29. The van der Waals surface area contributed by atoms with Crippen LogP contribution in [0.25, 0.3) is 0 Å². The van der Waals surface area contributed by atoms with E-state index >= 15 is 0 Å². The third-order valence-corrected chi connectivity index (χ3v) is 4.73. The third kappa shape index (κ3) is 4.09. The molecule has 0 atom stereocenters. The zero-order valence-electron chi connectivity index (χ0n) is 12.6. The van der Waals surface area contributed by atoms with E-state index in [9.17, 15) is 4.79 Å². The number of carbonyl (C=O) groups excluding carboxylic acids is 1. The van der Waals surface area contributed by atoms with Crippen LogP contribution in [-0.2, 0) is 0 Å². The molecular formula is C18H27NO. The van der Waals surface area contributed by atoms with Crippen molar-refractivity contribution < 1.29 is 4.79 Å². The van der Waals surface area contributed by atoms with Gasteiger partial charge in [-0.25, -0.2) is 0 Å². The van der Waals surface area contributed by atoms with Crippen LogP contribution >= 0.6 is 0 Å². The van der Waals surface area contributed by atoms with E-state index in [1.807, 2.05) is 12.1 Å². The molecule has 1 fully saturated rings. The van der Waals surface area contributed by atoms with Crippen LogP contribution in [0.5, 0.6) is 0 Å². The molecule has 1 amide bonds. The highest BCUT2D eigenvalue weighted by Crippen LogP contribution is 2.37. The van der Waals surface area contributed by atoms with Gasteiger partial charge in [-0.1, -0.05) is 44.7 Å². The SMILES string of the molecule is CCCCC[C@H]1CC[C@H](c2ccc(C(N)=O)cc2)CC1. The molecule has 1 aliphatic carbocycles. The van der Waals surface area contributed by atoms with Gasteiger partial charge < -0.3 is 5.73 Å². The predicted molar refractivity (Wildman–Crippen MR) is 83.8 cm³/mol. The highest BCUT2D eigenvalue weighted by Gasteiger charge is 2.22. The topological polar surface area (TPSA) is 43.1 Å². The molecule has 110 valence electrons. The van der Waals surface area contributed by atoms with Crippen molar-refractivity contribution in [3.05, 3.63) is 35.4 Å². The second kappa shape index (κ2) is 7.47. The summed E-state index contributed by atoms with van der Waals surface area (Å²) >= 11 is 0. The van der Waals surface area contributed by atoms with Crippen LogP contribution in [0.4, 0.5) is 0 Å². The van der Waals surface area contributed by atoms with Crippen LogP contribution in [0.2, 0.25) is 0 Å². The summed E-state index contributed by atoms with van der Waals surface area (Å²) in [7, 11) is 0. The van der Waals surface area contributed by atoms with Crippen molar-refractivity contribution in [1.82, 2.24) is 0 Å². The number of hydrogen-bond donors (Lipinski definition) is 1. The number of nitrogens with two attached hydrogens (primary N) is 1. The maximum absolute atomic E-state index is 11.1. The van der Waals surface area contributed by atoms with Gasteiger partial charge in [0.1, 0.15) is 0 Å². The average Bonchev–Trinajstić information content (AvgIpc) is 2.48. The Labute approximate surface area is 122 Å². The van der Waals surface area contributed by atoms with Crippen molar-refractivity contribution in [3.63, 3.8) is 0 Å². The fraction of sp³-hybridized carbons (Fsp3) is 0.611. The van der Waals surface area contributed by atoms with E-state index in [0.29, 0.717) is 11.5 Å². The van der Waals surface area contributed by atoms with Crippen molar-refractivity contribution in [2.45, 2.75) is 64.2 Å². The lowest BCUT2D eigenvalue weighted by atomic mass is 9.77. The van der Waals surface area contributed by atoms with E-state index in [1.54, 1.807) is 0 Å². The summed E-state index contributed by atoms with van der Waals surface area (Å²) in [6.45, 7) is 2.27. The molecule has 2 nitrogen and oxygen atoms in total. The molecule has 0 bridgehead atoms. The standard InChI is InChI=1S/C18H27NO/c1-2-3-4-5-14-6-8-15(9-7-14)16-10-12-17(13-11-16)18(19)20/h10-15H,2-9H2,1H3,(H2,19,20)/t14-,15-. The van der Waals surface area contributed by atoms with Crippen molar-refractivity contribution in [2.75, 3.05) is 0 Å². The minimum Gasteiger partial charge on any atom is -0.366 e. The first-order valence-electron chi connectivity index (χ1n) is 8.10. The molecule has 0 spiro atoms. The zero-order chi connectivity index (χ0) is 14.4. The van der Waals surface area contributed by atoms with Crippen molar-refractivity contribution in [1.29, 1.82) is 0 Å². The maximum Gasteiger partial charge on any atom is 0.248 e. The van der Waals surface area contributed by atoms with Gasteiger partial charge in [-0.15, -0.1) is 0 Å². The van der Waals surface area contributed by atoms with Gasteiger partial charge in [0.15, 0.2) is 0 Å². The van der Waals surface area contributed by atoms with Gasteiger partial charge in [0.2, 0.25) is 5.91 Å². The van der Waals surface area contributed by atoms with Gasteiger partial charge in [-0.05, 0) is 55.2 Å². The quantitative estimate of drug-likeness (QED) is 0.754. The Morgan fingerprint density at radius 1 is 1.10 bits per heavy atom. The molecule has 0 saturated heterocycles. The molecule has 1 saturated carbocycles. The summed E-state index contributed by atoms with van der Waals surface area (Å²) in [5, 5.41) is 0. The Balaban J connectivity index is 1.82. The fourth-order valence-electron chi connectivity index (χ4n) is 3.39. The number of carbonyl (C=O) groups is 1. The number of amides is 1. The summed E-state index contributed by atoms with van der Waals surface area (Å²) in [5.74, 6) is 1.29. The number of hydrogen-bond acceptors (Lipinski definition) is 1. The molecule has 1 aromatic rings. The second-order valence-electron chi connectivity index (χ2n) is 6.20. The molecule has 1 aromatic carbocycles. The molecule has 0 aromatic heterocycles. The second-order valence-corrected chi connectivity index (χ2v) is 6.20. The number of benzene rings is 1. The molecule has 2 N–H and O–H groups in total. The van der Waals surface area contributed by atoms with E-state index < -0.39 is 0 Å². The van der Waals surface area contributed by atoms with E-state index in [4.69, 9.17) is 5.73 Å². The number of primary amides is 1. The Bertz CT molecular complexity index is 416. The highest BCUT2D eigenvalue weighted by atomic mass is 16.1. The first kappa shape index (κ1) is 15.1. The fourth-order valence-corrected chi connectivity index (χ4v) is 3.39. The van der Waals surface area contributed by atoms with Crippen LogP contribution < -0.4 is 5.73 Å². The van der Waals surface area contributed by atoms with Crippen LogP contribution in [0.3, 0.4) is 0 Å². The van der Waals surface area contributed by atoms with Crippen molar-refractivity contribution in [3.8, 4) is 0 Å². The first-order chi connectivity index (χ1) is 9.70.